The maximum atomic E-state index is 14.0. The van der Waals surface area contributed by atoms with Gasteiger partial charge in [-0.3, -0.25) is 0 Å². The van der Waals surface area contributed by atoms with E-state index < -0.39 is 66.6 Å². The van der Waals surface area contributed by atoms with Gasteiger partial charge in [0.2, 0.25) is 0 Å². The van der Waals surface area contributed by atoms with Gasteiger partial charge in [-0.25, -0.2) is 8.78 Å². The molecule has 1 atom stereocenters. The van der Waals surface area contributed by atoms with Crippen molar-refractivity contribution in [2.24, 2.45) is 11.3 Å². The predicted octanol–water partition coefficient (Wildman–Crippen LogP) is 7.96. The Balaban J connectivity index is 6.23. The summed E-state index contributed by atoms with van der Waals surface area (Å²) >= 11 is 0. The molecule has 1 unspecified atom stereocenters. The van der Waals surface area contributed by atoms with Crippen LogP contribution in [0.1, 0.15) is 33.6 Å². The van der Waals surface area contributed by atoms with E-state index in [4.69, 9.17) is 0 Å². The molecular formula is C17H19F15O. The molecule has 0 aliphatic heterocycles. The summed E-state index contributed by atoms with van der Waals surface area (Å²) in [5.41, 5.74) is -0.962. The van der Waals surface area contributed by atoms with Gasteiger partial charge >= 0.3 is 42.2 Å². The van der Waals surface area contributed by atoms with Crippen molar-refractivity contribution in [1.82, 2.24) is 0 Å². The van der Waals surface area contributed by atoms with E-state index in [-0.39, 0.29) is 12.2 Å². The summed E-state index contributed by atoms with van der Waals surface area (Å²) in [6.45, 7) is 6.16. The van der Waals surface area contributed by atoms with Crippen molar-refractivity contribution in [1.29, 1.82) is 0 Å². The lowest BCUT2D eigenvalue weighted by Gasteiger charge is -2.41. The van der Waals surface area contributed by atoms with Gasteiger partial charge in [0.15, 0.2) is 0 Å². The molecule has 0 spiro atoms. The zero-order valence-electron chi connectivity index (χ0n) is 17.1. The van der Waals surface area contributed by atoms with Crippen molar-refractivity contribution in [3.05, 3.63) is 12.3 Å². The Bertz CT molecular complexity index is 678. The number of allylic oxidation sites excluding steroid dienone is 1. The molecule has 0 saturated heterocycles. The zero-order valence-corrected chi connectivity index (χ0v) is 17.1. The van der Waals surface area contributed by atoms with Crippen molar-refractivity contribution in [2.75, 3.05) is 6.61 Å². The minimum atomic E-state index is -8.04. The van der Waals surface area contributed by atoms with E-state index in [9.17, 15) is 65.9 Å². The molecule has 1 nitrogen and oxygen atoms in total. The van der Waals surface area contributed by atoms with Crippen molar-refractivity contribution < 1.29 is 70.6 Å². The summed E-state index contributed by atoms with van der Waals surface area (Å²) in [6.07, 6.45) is -14.2. The molecule has 0 aromatic rings. The first kappa shape index (κ1) is 31.5. The highest BCUT2D eigenvalue weighted by Crippen LogP contribution is 2.61. The van der Waals surface area contributed by atoms with Gasteiger partial charge in [-0.2, -0.15) is 57.1 Å². The molecule has 0 aromatic heterocycles. The van der Waals surface area contributed by atoms with Crippen molar-refractivity contribution >= 4 is 0 Å². The van der Waals surface area contributed by atoms with Crippen LogP contribution >= 0.6 is 0 Å². The van der Waals surface area contributed by atoms with Gasteiger partial charge < -0.3 is 4.74 Å². The minimum Gasteiger partial charge on any atom is -0.498 e. The molecule has 0 heterocycles. The van der Waals surface area contributed by atoms with Gasteiger partial charge in [-0.15, -0.1) is 0 Å². The third-order valence-electron chi connectivity index (χ3n) is 5.05. The van der Waals surface area contributed by atoms with E-state index in [1.165, 1.54) is 13.8 Å². The Morgan fingerprint density at radius 2 is 1.12 bits per heavy atom. The fraction of sp³-hybridized carbons (Fsp3) is 0.882. The molecule has 0 aliphatic rings. The first-order valence-corrected chi connectivity index (χ1v) is 8.82. The lowest BCUT2D eigenvalue weighted by Crippen LogP contribution is -2.70. The summed E-state index contributed by atoms with van der Waals surface area (Å²) in [5, 5.41) is 0. The number of ether oxygens (including phenoxy) is 1. The third-order valence-corrected chi connectivity index (χ3v) is 5.05. The second-order valence-corrected chi connectivity index (χ2v) is 7.66. The van der Waals surface area contributed by atoms with Crippen LogP contribution in [0.4, 0.5) is 65.9 Å². The largest absolute Gasteiger partial charge is 0.498 e. The molecule has 198 valence electrons. The standard InChI is InChI=1S/C17H19F15O/c1-5-11(3,4)8(2)33-7-6-9(14(24,25)26)12(20,21)15(27,28)17(31,32)16(29,30)13(22,23)10(18)19/h9-10H,2,5-7H2,1,3-4H3. The van der Waals surface area contributed by atoms with Crippen molar-refractivity contribution in [3.63, 3.8) is 0 Å². The quantitative estimate of drug-likeness (QED) is 0.186. The maximum Gasteiger partial charge on any atom is 0.397 e. The Morgan fingerprint density at radius 1 is 0.727 bits per heavy atom. The van der Waals surface area contributed by atoms with Gasteiger partial charge in [-0.05, 0) is 12.8 Å². The number of hydrogen-bond acceptors (Lipinski definition) is 1. The third kappa shape index (κ3) is 5.43. The van der Waals surface area contributed by atoms with Gasteiger partial charge in [0.05, 0.1) is 12.4 Å². The van der Waals surface area contributed by atoms with E-state index in [1.54, 1.807) is 6.92 Å². The molecule has 0 aliphatic carbocycles. The average molecular weight is 524 g/mol. The van der Waals surface area contributed by atoms with Crippen LogP contribution in [0.3, 0.4) is 0 Å². The normalized spacial score (nSPS) is 16.2. The summed E-state index contributed by atoms with van der Waals surface area (Å²) in [6, 6.07) is 0. The van der Waals surface area contributed by atoms with Crippen LogP contribution in [0.15, 0.2) is 12.3 Å². The van der Waals surface area contributed by atoms with E-state index in [1.807, 2.05) is 0 Å². The lowest BCUT2D eigenvalue weighted by atomic mass is 9.85. The smallest absolute Gasteiger partial charge is 0.397 e. The highest BCUT2D eigenvalue weighted by atomic mass is 19.4. The highest BCUT2D eigenvalue weighted by molar-refractivity contribution is 5.11. The summed E-state index contributed by atoms with van der Waals surface area (Å²) in [7, 11) is 0. The van der Waals surface area contributed by atoms with Gasteiger partial charge in [0.1, 0.15) is 5.92 Å². The summed E-state index contributed by atoms with van der Waals surface area (Å²) < 4.78 is 202. The molecule has 0 N–H and O–H groups in total. The Labute approximate surface area is 177 Å². The van der Waals surface area contributed by atoms with E-state index >= 15 is 0 Å². The molecule has 33 heavy (non-hydrogen) atoms. The Hall–Kier alpha value is -1.51. The van der Waals surface area contributed by atoms with E-state index in [2.05, 4.69) is 11.3 Å². The molecule has 0 amide bonds. The summed E-state index contributed by atoms with van der Waals surface area (Å²) in [4.78, 5) is 0. The monoisotopic (exact) mass is 524 g/mol. The summed E-state index contributed by atoms with van der Waals surface area (Å²) in [5.74, 6) is -43.4. The molecule has 0 bridgehead atoms. The van der Waals surface area contributed by atoms with Crippen LogP contribution in [-0.2, 0) is 4.74 Å². The second kappa shape index (κ2) is 9.27. The van der Waals surface area contributed by atoms with Crippen LogP contribution in [0.25, 0.3) is 0 Å². The van der Waals surface area contributed by atoms with Crippen LogP contribution < -0.4 is 0 Å². The van der Waals surface area contributed by atoms with Gasteiger partial charge in [-0.1, -0.05) is 27.4 Å². The van der Waals surface area contributed by atoms with Crippen LogP contribution in [-0.4, -0.2) is 48.8 Å². The zero-order chi connectivity index (χ0) is 27.1. The SMILES string of the molecule is C=C(OCCC(C(F)(F)F)C(F)(F)C(F)(F)C(F)(F)C(F)(F)C(F)(F)C(F)F)C(C)(C)CC. The number of rotatable bonds is 12. The number of hydrogen-bond donors (Lipinski definition) is 0. The minimum absolute atomic E-state index is 0.239. The van der Waals surface area contributed by atoms with E-state index in [0.717, 1.165) is 0 Å². The van der Waals surface area contributed by atoms with Crippen LogP contribution in [0.5, 0.6) is 0 Å². The van der Waals surface area contributed by atoms with E-state index in [0.29, 0.717) is 0 Å². The fourth-order valence-corrected chi connectivity index (χ4v) is 2.21. The molecule has 0 rings (SSSR count). The predicted molar refractivity (Wildman–Crippen MR) is 84.1 cm³/mol. The average Bonchev–Trinajstić information content (AvgIpc) is 2.62. The highest BCUT2D eigenvalue weighted by Gasteiger charge is 2.89. The van der Waals surface area contributed by atoms with Crippen LogP contribution in [0, 0.1) is 11.3 Å². The maximum absolute atomic E-state index is 14.0. The molecule has 16 heteroatoms. The molecule has 0 aromatic carbocycles. The number of alkyl halides is 15. The Morgan fingerprint density at radius 3 is 1.45 bits per heavy atom. The number of halogens is 15. The van der Waals surface area contributed by atoms with Gasteiger partial charge in [0.25, 0.3) is 0 Å². The van der Waals surface area contributed by atoms with Crippen molar-refractivity contribution in [3.8, 4) is 0 Å². The second-order valence-electron chi connectivity index (χ2n) is 7.66. The van der Waals surface area contributed by atoms with Gasteiger partial charge in [0, 0.05) is 5.41 Å². The first-order chi connectivity index (χ1) is 14.3. The first-order valence-electron chi connectivity index (χ1n) is 8.82. The van der Waals surface area contributed by atoms with Crippen molar-refractivity contribution in [2.45, 2.75) is 75.8 Å². The molecule has 0 fully saturated rings. The lowest BCUT2D eigenvalue weighted by molar-refractivity contribution is -0.427. The fourth-order valence-electron chi connectivity index (χ4n) is 2.21. The topological polar surface area (TPSA) is 9.23 Å². The van der Waals surface area contributed by atoms with Crippen LogP contribution in [0.2, 0.25) is 0 Å². The molecule has 0 saturated carbocycles. The molecular weight excluding hydrogens is 505 g/mol. The Kier molecular flexibility index (Phi) is 8.84. The molecule has 0 radical (unpaired) electrons.